The molecule has 1 heterocycles. The number of benzene rings is 1. The molecule has 1 atom stereocenters. The summed E-state index contributed by atoms with van der Waals surface area (Å²) in [6.45, 7) is 0.313. The standard InChI is InChI=1S/C11H10ClFN2O2/c12-7-2-8(13)4-9(3-7)15-11(17)6-1-10(16)14-5-6/h2-4,6H,1,5H2,(H,14,16)(H,15,17). The molecule has 0 saturated carbocycles. The minimum absolute atomic E-state index is 0.151. The molecule has 0 radical (unpaired) electrons. The van der Waals surface area contributed by atoms with Gasteiger partial charge < -0.3 is 10.6 Å². The van der Waals surface area contributed by atoms with Crippen LogP contribution in [0.2, 0.25) is 5.02 Å². The van der Waals surface area contributed by atoms with Crippen LogP contribution in [0.15, 0.2) is 18.2 Å². The van der Waals surface area contributed by atoms with Crippen molar-refractivity contribution in [1.29, 1.82) is 0 Å². The number of hydrogen-bond donors (Lipinski definition) is 2. The molecule has 0 spiro atoms. The van der Waals surface area contributed by atoms with Crippen LogP contribution in [0.25, 0.3) is 0 Å². The van der Waals surface area contributed by atoms with Crippen LogP contribution in [0.5, 0.6) is 0 Å². The molecular weight excluding hydrogens is 247 g/mol. The minimum atomic E-state index is -0.520. The molecule has 2 amide bonds. The van der Waals surface area contributed by atoms with Crippen LogP contribution in [0.4, 0.5) is 10.1 Å². The van der Waals surface area contributed by atoms with Crippen LogP contribution < -0.4 is 10.6 Å². The highest BCUT2D eigenvalue weighted by atomic mass is 35.5. The third-order valence-corrected chi connectivity index (χ3v) is 2.70. The fraction of sp³-hybridized carbons (Fsp3) is 0.273. The van der Waals surface area contributed by atoms with E-state index >= 15 is 0 Å². The molecule has 1 aliphatic rings. The van der Waals surface area contributed by atoms with Gasteiger partial charge in [0.2, 0.25) is 11.8 Å². The van der Waals surface area contributed by atoms with Gasteiger partial charge >= 0.3 is 0 Å². The number of anilines is 1. The van der Waals surface area contributed by atoms with Gasteiger partial charge in [0.25, 0.3) is 0 Å². The van der Waals surface area contributed by atoms with Crippen LogP contribution in [0.1, 0.15) is 6.42 Å². The van der Waals surface area contributed by atoms with Crippen molar-refractivity contribution in [2.75, 3.05) is 11.9 Å². The van der Waals surface area contributed by atoms with Crippen LogP contribution in [0, 0.1) is 11.7 Å². The van der Waals surface area contributed by atoms with Crippen molar-refractivity contribution < 1.29 is 14.0 Å². The average molecular weight is 257 g/mol. The summed E-state index contributed by atoms with van der Waals surface area (Å²) >= 11 is 5.66. The zero-order valence-corrected chi connectivity index (χ0v) is 9.55. The van der Waals surface area contributed by atoms with Gasteiger partial charge in [-0.3, -0.25) is 9.59 Å². The van der Waals surface area contributed by atoms with Crippen LogP contribution in [0.3, 0.4) is 0 Å². The van der Waals surface area contributed by atoms with Gasteiger partial charge in [0, 0.05) is 23.7 Å². The average Bonchev–Trinajstić information content (AvgIpc) is 2.63. The van der Waals surface area contributed by atoms with Crippen molar-refractivity contribution in [3.63, 3.8) is 0 Å². The lowest BCUT2D eigenvalue weighted by molar-refractivity contribution is -0.123. The van der Waals surface area contributed by atoms with Crippen molar-refractivity contribution in [1.82, 2.24) is 5.32 Å². The first kappa shape index (κ1) is 11.9. The van der Waals surface area contributed by atoms with E-state index in [1.807, 2.05) is 0 Å². The summed E-state index contributed by atoms with van der Waals surface area (Å²) in [4.78, 5) is 22.7. The molecule has 1 saturated heterocycles. The number of hydrogen-bond acceptors (Lipinski definition) is 2. The third kappa shape index (κ3) is 2.94. The van der Waals surface area contributed by atoms with Gasteiger partial charge in [0.15, 0.2) is 0 Å². The highest BCUT2D eigenvalue weighted by molar-refractivity contribution is 6.30. The monoisotopic (exact) mass is 256 g/mol. The van der Waals surface area contributed by atoms with Gasteiger partial charge in [-0.2, -0.15) is 0 Å². The van der Waals surface area contributed by atoms with Crippen LogP contribution >= 0.6 is 11.6 Å². The Labute approximate surface area is 102 Å². The van der Waals surface area contributed by atoms with Gasteiger partial charge in [-0.1, -0.05) is 11.6 Å². The molecule has 1 aromatic carbocycles. The van der Waals surface area contributed by atoms with Crippen molar-refractivity contribution in [3.8, 4) is 0 Å². The summed E-state index contributed by atoms with van der Waals surface area (Å²) in [6.07, 6.45) is 0.162. The first-order valence-corrected chi connectivity index (χ1v) is 5.46. The normalized spacial score (nSPS) is 18.9. The fourth-order valence-corrected chi connectivity index (χ4v) is 1.88. The summed E-state index contributed by atoms with van der Waals surface area (Å²) < 4.78 is 13.0. The zero-order valence-electron chi connectivity index (χ0n) is 8.80. The largest absolute Gasteiger partial charge is 0.355 e. The summed E-state index contributed by atoms with van der Waals surface area (Å²) in [5, 5.41) is 5.30. The highest BCUT2D eigenvalue weighted by Crippen LogP contribution is 2.19. The number of nitrogens with one attached hydrogen (secondary N) is 2. The van der Waals surface area contributed by atoms with Crippen molar-refractivity contribution in [3.05, 3.63) is 29.0 Å². The second-order valence-corrected chi connectivity index (χ2v) is 4.29. The van der Waals surface area contributed by atoms with E-state index in [4.69, 9.17) is 11.6 Å². The van der Waals surface area contributed by atoms with Gasteiger partial charge in [0.05, 0.1) is 5.92 Å². The Bertz CT molecular complexity index is 458. The number of carbonyl (C=O) groups excluding carboxylic acids is 2. The molecule has 2 rings (SSSR count). The van der Waals surface area contributed by atoms with E-state index in [0.717, 1.165) is 6.07 Å². The smallest absolute Gasteiger partial charge is 0.229 e. The molecular formula is C11H10ClFN2O2. The Morgan fingerprint density at radius 2 is 2.24 bits per heavy atom. The highest BCUT2D eigenvalue weighted by Gasteiger charge is 2.27. The molecule has 1 aromatic rings. The summed E-state index contributed by atoms with van der Waals surface area (Å²) in [5.74, 6) is -1.40. The molecule has 17 heavy (non-hydrogen) atoms. The van der Waals surface area contributed by atoms with Crippen molar-refractivity contribution >= 4 is 29.1 Å². The van der Waals surface area contributed by atoms with E-state index in [0.29, 0.717) is 12.2 Å². The Hall–Kier alpha value is -1.62. The van der Waals surface area contributed by atoms with Crippen molar-refractivity contribution in [2.45, 2.75) is 6.42 Å². The first-order chi connectivity index (χ1) is 8.04. The van der Waals surface area contributed by atoms with E-state index in [1.165, 1.54) is 12.1 Å². The Morgan fingerprint density at radius 3 is 2.82 bits per heavy atom. The van der Waals surface area contributed by atoms with E-state index in [1.54, 1.807) is 0 Å². The minimum Gasteiger partial charge on any atom is -0.355 e. The second-order valence-electron chi connectivity index (χ2n) is 3.85. The summed E-state index contributed by atoms with van der Waals surface area (Å²) in [6, 6.07) is 3.78. The maximum Gasteiger partial charge on any atom is 0.229 e. The fourth-order valence-electron chi connectivity index (χ4n) is 1.66. The third-order valence-electron chi connectivity index (χ3n) is 2.48. The Morgan fingerprint density at radius 1 is 1.47 bits per heavy atom. The van der Waals surface area contributed by atoms with E-state index in [9.17, 15) is 14.0 Å². The molecule has 1 fully saturated rings. The SMILES string of the molecule is O=C1CC(C(=O)Nc2cc(F)cc(Cl)c2)CN1. The molecule has 0 aromatic heterocycles. The maximum absolute atomic E-state index is 13.0. The lowest BCUT2D eigenvalue weighted by Gasteiger charge is -2.09. The maximum atomic E-state index is 13.0. The molecule has 6 heteroatoms. The topological polar surface area (TPSA) is 58.2 Å². The number of rotatable bonds is 2. The number of amides is 2. The molecule has 1 aliphatic heterocycles. The summed E-state index contributed by atoms with van der Waals surface area (Å²) in [5.41, 5.74) is 0.291. The molecule has 4 nitrogen and oxygen atoms in total. The molecule has 2 N–H and O–H groups in total. The lowest BCUT2D eigenvalue weighted by atomic mass is 10.1. The quantitative estimate of drug-likeness (QED) is 0.844. The molecule has 1 unspecified atom stereocenters. The Kier molecular flexibility index (Phi) is 3.28. The molecule has 0 bridgehead atoms. The van der Waals surface area contributed by atoms with E-state index in [2.05, 4.69) is 10.6 Å². The van der Waals surface area contributed by atoms with Gasteiger partial charge in [-0.25, -0.2) is 4.39 Å². The van der Waals surface area contributed by atoms with Crippen molar-refractivity contribution in [2.24, 2.45) is 5.92 Å². The van der Waals surface area contributed by atoms with Gasteiger partial charge in [0.1, 0.15) is 5.82 Å². The number of carbonyl (C=O) groups is 2. The second kappa shape index (κ2) is 4.71. The van der Waals surface area contributed by atoms with Gasteiger partial charge in [-0.05, 0) is 18.2 Å². The predicted molar refractivity (Wildman–Crippen MR) is 61.2 cm³/mol. The van der Waals surface area contributed by atoms with Crippen LogP contribution in [-0.2, 0) is 9.59 Å². The van der Waals surface area contributed by atoms with Crippen LogP contribution in [-0.4, -0.2) is 18.4 Å². The molecule has 0 aliphatic carbocycles. The Balaban J connectivity index is 2.05. The first-order valence-electron chi connectivity index (χ1n) is 5.08. The molecule has 90 valence electrons. The number of halogens is 2. The lowest BCUT2D eigenvalue weighted by Crippen LogP contribution is -2.24. The van der Waals surface area contributed by atoms with Gasteiger partial charge in [-0.15, -0.1) is 0 Å². The van der Waals surface area contributed by atoms with E-state index < -0.39 is 11.7 Å². The van der Waals surface area contributed by atoms with E-state index in [-0.39, 0.29) is 23.3 Å². The zero-order chi connectivity index (χ0) is 12.4. The predicted octanol–water partition coefficient (Wildman–Crippen LogP) is 1.55. The summed E-state index contributed by atoms with van der Waals surface area (Å²) in [7, 11) is 0.